The largest absolute Gasteiger partial charge is 0.492 e. The monoisotopic (exact) mass is 522 g/mol. The van der Waals surface area contributed by atoms with E-state index >= 15 is 0 Å². The lowest BCUT2D eigenvalue weighted by atomic mass is 10.1. The number of carbonyl (C=O) groups excluding carboxylic acids is 1. The molecule has 0 bridgehead atoms. The Kier molecular flexibility index (Phi) is 9.06. The third-order valence-corrected chi connectivity index (χ3v) is 5.62. The van der Waals surface area contributed by atoms with Gasteiger partial charge in [0.1, 0.15) is 24.2 Å². The molecule has 0 saturated carbocycles. The van der Waals surface area contributed by atoms with Crippen molar-refractivity contribution in [3.8, 4) is 17.6 Å². The van der Waals surface area contributed by atoms with Crippen LogP contribution in [0.3, 0.4) is 0 Å². The van der Waals surface area contributed by atoms with Crippen molar-refractivity contribution in [2.45, 2.75) is 13.5 Å². The van der Waals surface area contributed by atoms with E-state index in [1.165, 1.54) is 12.3 Å². The summed E-state index contributed by atoms with van der Waals surface area (Å²) in [6, 6.07) is 18.9. The second-order valence-electron chi connectivity index (χ2n) is 8.87. The van der Waals surface area contributed by atoms with E-state index in [0.717, 1.165) is 11.4 Å². The van der Waals surface area contributed by atoms with Gasteiger partial charge in [0.15, 0.2) is 0 Å². The van der Waals surface area contributed by atoms with Crippen molar-refractivity contribution in [1.82, 2.24) is 14.9 Å². The fraction of sp³-hybridized carbons (Fsp3) is 0.200. The fourth-order valence-electron chi connectivity index (χ4n) is 3.78. The predicted molar refractivity (Wildman–Crippen MR) is 152 cm³/mol. The van der Waals surface area contributed by atoms with Crippen LogP contribution in [0.15, 0.2) is 79.1 Å². The normalized spacial score (nSPS) is 10.9. The summed E-state index contributed by atoms with van der Waals surface area (Å²) in [6.07, 6.45) is 6.52. The van der Waals surface area contributed by atoms with Gasteiger partial charge in [-0.1, -0.05) is 12.1 Å². The highest BCUT2D eigenvalue weighted by Gasteiger charge is 2.15. The van der Waals surface area contributed by atoms with Crippen molar-refractivity contribution >= 4 is 33.9 Å². The minimum absolute atomic E-state index is 0.280. The Balaban J connectivity index is 1.61. The lowest BCUT2D eigenvalue weighted by Gasteiger charge is -2.16. The Morgan fingerprint density at radius 3 is 2.62 bits per heavy atom. The molecule has 4 aromatic rings. The van der Waals surface area contributed by atoms with Crippen LogP contribution in [0.25, 0.3) is 10.9 Å². The number of ether oxygens (including phenoxy) is 2. The van der Waals surface area contributed by atoms with Crippen LogP contribution in [-0.2, 0) is 11.4 Å². The number of benzene rings is 2. The molecule has 0 fully saturated rings. The van der Waals surface area contributed by atoms with E-state index in [4.69, 9.17) is 9.47 Å². The van der Waals surface area contributed by atoms with Crippen molar-refractivity contribution in [1.29, 1.82) is 5.26 Å². The molecule has 0 saturated heterocycles. The lowest BCUT2D eigenvalue weighted by Crippen LogP contribution is -2.13. The first-order valence-electron chi connectivity index (χ1n) is 12.5. The van der Waals surface area contributed by atoms with Gasteiger partial charge in [0.2, 0.25) is 5.91 Å². The third kappa shape index (κ3) is 7.31. The highest BCUT2D eigenvalue weighted by Crippen LogP contribution is 2.36. The summed E-state index contributed by atoms with van der Waals surface area (Å²) in [5.41, 5.74) is 3.65. The Morgan fingerprint density at radius 1 is 1.10 bits per heavy atom. The Hall–Kier alpha value is -4.94. The summed E-state index contributed by atoms with van der Waals surface area (Å²) in [7, 11) is 3.85. The maximum atomic E-state index is 12.6. The molecule has 198 valence electrons. The maximum absolute atomic E-state index is 12.6. The van der Waals surface area contributed by atoms with Crippen LogP contribution in [0.4, 0.5) is 17.1 Å². The average Bonchev–Trinajstić information content (AvgIpc) is 2.94. The summed E-state index contributed by atoms with van der Waals surface area (Å²) >= 11 is 0. The number of carbonyl (C=O) groups is 1. The molecular formula is C30H30N6O3. The van der Waals surface area contributed by atoms with Crippen LogP contribution < -0.4 is 20.1 Å². The predicted octanol–water partition coefficient (Wildman–Crippen LogP) is 5.28. The van der Waals surface area contributed by atoms with Gasteiger partial charge < -0.3 is 25.0 Å². The Morgan fingerprint density at radius 2 is 1.92 bits per heavy atom. The molecular weight excluding hydrogens is 492 g/mol. The quantitative estimate of drug-likeness (QED) is 0.256. The number of aromatic nitrogens is 2. The van der Waals surface area contributed by atoms with E-state index in [9.17, 15) is 10.1 Å². The van der Waals surface area contributed by atoms with Crippen LogP contribution in [0.2, 0.25) is 0 Å². The van der Waals surface area contributed by atoms with Crippen LogP contribution in [0.5, 0.6) is 11.5 Å². The lowest BCUT2D eigenvalue weighted by molar-refractivity contribution is -0.111. The van der Waals surface area contributed by atoms with Gasteiger partial charge in [-0.05, 0) is 63.5 Å². The molecule has 4 rings (SSSR count). The van der Waals surface area contributed by atoms with Gasteiger partial charge in [-0.2, -0.15) is 5.26 Å². The summed E-state index contributed by atoms with van der Waals surface area (Å²) in [4.78, 5) is 23.3. The molecule has 2 aromatic heterocycles. The van der Waals surface area contributed by atoms with Crippen LogP contribution >= 0.6 is 0 Å². The molecule has 39 heavy (non-hydrogen) atoms. The molecule has 1 amide bonds. The molecule has 0 unspecified atom stereocenters. The number of hydrogen-bond acceptors (Lipinski definition) is 8. The zero-order chi connectivity index (χ0) is 27.6. The Bertz CT molecular complexity index is 1500. The number of hydrogen-bond donors (Lipinski definition) is 2. The fourth-order valence-corrected chi connectivity index (χ4v) is 3.78. The van der Waals surface area contributed by atoms with E-state index in [1.54, 1.807) is 24.4 Å². The van der Waals surface area contributed by atoms with E-state index in [0.29, 0.717) is 59.1 Å². The first kappa shape index (κ1) is 27.1. The van der Waals surface area contributed by atoms with Crippen molar-refractivity contribution < 1.29 is 14.3 Å². The highest BCUT2D eigenvalue weighted by molar-refractivity contribution is 6.04. The Labute approximate surface area is 227 Å². The molecule has 0 aliphatic heterocycles. The van der Waals surface area contributed by atoms with E-state index < -0.39 is 0 Å². The minimum Gasteiger partial charge on any atom is -0.492 e. The molecule has 0 aliphatic rings. The molecule has 2 heterocycles. The SMILES string of the molecule is CCOc1cc2ncc(C#N)c(Nc3ccc(OCc4ccccn4)cc3)c2cc1NC(=O)/C=C/CN(C)C. The van der Waals surface area contributed by atoms with Crippen molar-refractivity contribution in [3.05, 3.63) is 90.4 Å². The number of nitrogens with zero attached hydrogens (tertiary/aromatic N) is 4. The zero-order valence-electron chi connectivity index (χ0n) is 22.1. The first-order valence-corrected chi connectivity index (χ1v) is 12.5. The summed E-state index contributed by atoms with van der Waals surface area (Å²) in [5.74, 6) is 0.911. The van der Waals surface area contributed by atoms with Gasteiger partial charge >= 0.3 is 0 Å². The minimum atomic E-state index is -0.280. The number of pyridine rings is 2. The number of amides is 1. The average molecular weight is 523 g/mol. The van der Waals surface area contributed by atoms with Gasteiger partial charge in [0.25, 0.3) is 0 Å². The van der Waals surface area contributed by atoms with Crippen molar-refractivity contribution in [3.63, 3.8) is 0 Å². The molecule has 2 aromatic carbocycles. The van der Waals surface area contributed by atoms with Gasteiger partial charge in [-0.25, -0.2) is 0 Å². The molecule has 0 spiro atoms. The number of rotatable bonds is 11. The number of anilines is 3. The van der Waals surface area contributed by atoms with Crippen molar-refractivity contribution in [2.24, 2.45) is 0 Å². The second-order valence-corrected chi connectivity index (χ2v) is 8.87. The molecule has 9 nitrogen and oxygen atoms in total. The van der Waals surface area contributed by atoms with Crippen molar-refractivity contribution in [2.75, 3.05) is 37.9 Å². The van der Waals surface area contributed by atoms with Crippen LogP contribution in [0.1, 0.15) is 18.2 Å². The van der Waals surface area contributed by atoms with Gasteiger partial charge in [0, 0.05) is 42.2 Å². The summed E-state index contributed by atoms with van der Waals surface area (Å²) < 4.78 is 11.6. The third-order valence-electron chi connectivity index (χ3n) is 5.62. The maximum Gasteiger partial charge on any atom is 0.248 e. The summed E-state index contributed by atoms with van der Waals surface area (Å²) in [6.45, 7) is 3.29. The second kappa shape index (κ2) is 13.0. The van der Waals surface area contributed by atoms with Gasteiger partial charge in [-0.3, -0.25) is 14.8 Å². The molecule has 0 aliphatic carbocycles. The van der Waals surface area contributed by atoms with E-state index in [2.05, 4.69) is 26.7 Å². The number of nitrogens with one attached hydrogen (secondary N) is 2. The molecule has 2 N–H and O–H groups in total. The van der Waals surface area contributed by atoms with Crippen LogP contribution in [0, 0.1) is 11.3 Å². The molecule has 0 radical (unpaired) electrons. The van der Waals surface area contributed by atoms with E-state index in [1.807, 2.05) is 68.4 Å². The molecule has 0 atom stereocenters. The first-order chi connectivity index (χ1) is 19.0. The highest BCUT2D eigenvalue weighted by atomic mass is 16.5. The number of fused-ring (bicyclic) bond motifs is 1. The number of nitriles is 1. The van der Waals surface area contributed by atoms with Gasteiger partial charge in [-0.15, -0.1) is 0 Å². The number of likely N-dealkylation sites (N-methyl/N-ethyl adjacent to an activating group) is 1. The summed E-state index contributed by atoms with van der Waals surface area (Å²) in [5, 5.41) is 16.7. The topological polar surface area (TPSA) is 112 Å². The van der Waals surface area contributed by atoms with E-state index in [-0.39, 0.29) is 5.91 Å². The smallest absolute Gasteiger partial charge is 0.248 e. The standard InChI is InChI=1S/C30H30N6O3/c1-4-38-28-17-26-25(16-27(28)35-29(37)9-7-15-36(2)3)30(21(18-31)19-33-26)34-22-10-12-24(13-11-22)39-20-23-8-5-6-14-32-23/h5-14,16-17,19H,4,15,20H2,1-3H3,(H,33,34)(H,35,37)/b9-7+. The van der Waals surface area contributed by atoms with Gasteiger partial charge in [0.05, 0.1) is 34.8 Å². The van der Waals surface area contributed by atoms with Crippen LogP contribution in [-0.4, -0.2) is 48.0 Å². The molecule has 9 heteroatoms. The zero-order valence-corrected chi connectivity index (χ0v) is 22.1.